The molecule has 38 heavy (non-hydrogen) atoms. The van der Waals surface area contributed by atoms with Gasteiger partial charge in [-0.3, -0.25) is 4.79 Å². The van der Waals surface area contributed by atoms with Crippen LogP contribution in [0.25, 0.3) is 0 Å². The van der Waals surface area contributed by atoms with E-state index in [1.54, 1.807) is 36.5 Å². The lowest BCUT2D eigenvalue weighted by Gasteiger charge is -2.18. The van der Waals surface area contributed by atoms with Crippen molar-refractivity contribution in [2.45, 2.75) is 11.8 Å². The Kier molecular flexibility index (Phi) is 7.55. The molecule has 0 bridgehead atoms. The predicted octanol–water partition coefficient (Wildman–Crippen LogP) is 5.98. The van der Waals surface area contributed by atoms with Gasteiger partial charge < -0.3 is 9.47 Å². The molecule has 1 N–H and O–H groups in total. The zero-order valence-corrected chi connectivity index (χ0v) is 22.8. The summed E-state index contributed by atoms with van der Waals surface area (Å²) >= 11 is 2.10. The van der Waals surface area contributed by atoms with Gasteiger partial charge in [-0.25, -0.2) is 10.2 Å². The number of esters is 1. The maximum Gasteiger partial charge on any atom is 0.344 e. The second kappa shape index (κ2) is 11.2. The van der Waals surface area contributed by atoms with Gasteiger partial charge in [0.2, 0.25) is 5.91 Å². The van der Waals surface area contributed by atoms with Crippen molar-refractivity contribution in [1.29, 1.82) is 0 Å². The number of amides is 1. The Balaban J connectivity index is 1.27. The number of ether oxygens (including phenoxy) is 2. The summed E-state index contributed by atoms with van der Waals surface area (Å²) in [4.78, 5) is 25.7. The number of hydrazone groups is 1. The van der Waals surface area contributed by atoms with E-state index in [0.29, 0.717) is 22.6 Å². The summed E-state index contributed by atoms with van der Waals surface area (Å²) in [6.45, 7) is 0. The van der Waals surface area contributed by atoms with E-state index in [4.69, 9.17) is 9.47 Å². The SMILES string of the molecule is COc1cc(/C=N\NC(=O)[C@@H]2CC2(c2ccccc2)c2ccccc2)ccc1OC(=O)c1ccccc1I. The third-order valence-corrected chi connectivity index (χ3v) is 7.67. The van der Waals surface area contributed by atoms with Gasteiger partial charge in [0.05, 0.1) is 24.8 Å². The van der Waals surface area contributed by atoms with E-state index in [9.17, 15) is 9.59 Å². The predicted molar refractivity (Wildman–Crippen MR) is 155 cm³/mol. The Morgan fingerprint density at radius 2 is 1.53 bits per heavy atom. The molecule has 0 saturated heterocycles. The van der Waals surface area contributed by atoms with Crippen LogP contribution in [0.15, 0.2) is 108 Å². The molecule has 190 valence electrons. The number of carbonyl (C=O) groups is 2. The summed E-state index contributed by atoms with van der Waals surface area (Å²) in [6, 6.07) is 32.5. The summed E-state index contributed by atoms with van der Waals surface area (Å²) < 4.78 is 11.8. The van der Waals surface area contributed by atoms with Crippen LogP contribution in [0.4, 0.5) is 0 Å². The highest BCUT2D eigenvalue weighted by Gasteiger charge is 2.60. The molecule has 1 atom stereocenters. The maximum atomic E-state index is 13.1. The molecule has 0 aliphatic heterocycles. The van der Waals surface area contributed by atoms with Gasteiger partial charge in [0.15, 0.2) is 11.5 Å². The molecule has 7 heteroatoms. The van der Waals surface area contributed by atoms with Crippen molar-refractivity contribution < 1.29 is 19.1 Å². The van der Waals surface area contributed by atoms with Crippen LogP contribution in [0.3, 0.4) is 0 Å². The minimum atomic E-state index is -0.466. The van der Waals surface area contributed by atoms with Gasteiger partial charge in [0.1, 0.15) is 0 Å². The van der Waals surface area contributed by atoms with Crippen LogP contribution in [0, 0.1) is 9.49 Å². The summed E-state index contributed by atoms with van der Waals surface area (Å²) in [5.74, 6) is -0.141. The lowest BCUT2D eigenvalue weighted by Crippen LogP contribution is -2.25. The summed E-state index contributed by atoms with van der Waals surface area (Å²) in [6.07, 6.45) is 2.26. The van der Waals surface area contributed by atoms with Crippen LogP contribution in [-0.4, -0.2) is 25.2 Å². The smallest absolute Gasteiger partial charge is 0.344 e. The average Bonchev–Trinajstić information content (AvgIpc) is 3.72. The van der Waals surface area contributed by atoms with Crippen LogP contribution in [-0.2, 0) is 10.2 Å². The van der Waals surface area contributed by atoms with Crippen molar-refractivity contribution in [2.75, 3.05) is 7.11 Å². The van der Waals surface area contributed by atoms with Crippen LogP contribution in [0.2, 0.25) is 0 Å². The van der Waals surface area contributed by atoms with Crippen LogP contribution in [0.1, 0.15) is 33.5 Å². The first-order chi connectivity index (χ1) is 18.5. The second-order valence-electron chi connectivity index (χ2n) is 8.97. The van der Waals surface area contributed by atoms with E-state index in [0.717, 1.165) is 21.1 Å². The van der Waals surface area contributed by atoms with Crippen LogP contribution >= 0.6 is 22.6 Å². The normalized spacial score (nSPS) is 15.6. The quantitative estimate of drug-likeness (QED) is 0.0870. The second-order valence-corrected chi connectivity index (χ2v) is 10.1. The molecule has 5 rings (SSSR count). The molecule has 1 fully saturated rings. The number of methoxy groups -OCH3 is 1. The van der Waals surface area contributed by atoms with Crippen molar-refractivity contribution in [1.82, 2.24) is 5.43 Å². The summed E-state index contributed by atoms with van der Waals surface area (Å²) in [5.41, 5.74) is 5.75. The minimum Gasteiger partial charge on any atom is -0.493 e. The first-order valence-electron chi connectivity index (χ1n) is 12.1. The van der Waals surface area contributed by atoms with Gasteiger partial charge in [-0.1, -0.05) is 72.8 Å². The van der Waals surface area contributed by atoms with Crippen molar-refractivity contribution in [3.63, 3.8) is 0 Å². The first-order valence-corrected chi connectivity index (χ1v) is 13.2. The lowest BCUT2D eigenvalue weighted by atomic mass is 9.85. The third-order valence-electron chi connectivity index (χ3n) is 6.73. The monoisotopic (exact) mass is 616 g/mol. The Bertz CT molecular complexity index is 1450. The van der Waals surface area contributed by atoms with Crippen molar-refractivity contribution in [3.05, 3.63) is 129 Å². The van der Waals surface area contributed by atoms with E-state index in [-0.39, 0.29) is 17.2 Å². The van der Waals surface area contributed by atoms with Crippen molar-refractivity contribution in [3.8, 4) is 11.5 Å². The Morgan fingerprint density at radius 3 is 2.16 bits per heavy atom. The Morgan fingerprint density at radius 1 is 0.895 bits per heavy atom. The van der Waals surface area contributed by atoms with Gasteiger partial charge in [0, 0.05) is 8.99 Å². The Hall–Kier alpha value is -3.98. The summed E-state index contributed by atoms with van der Waals surface area (Å²) in [7, 11) is 1.50. The molecule has 6 nitrogen and oxygen atoms in total. The van der Waals surface area contributed by atoms with Gasteiger partial charge in [-0.05, 0) is 76.0 Å². The zero-order valence-electron chi connectivity index (χ0n) is 20.6. The molecule has 1 aliphatic rings. The molecule has 0 unspecified atom stereocenters. The molecule has 0 radical (unpaired) electrons. The molecule has 1 aliphatic carbocycles. The largest absolute Gasteiger partial charge is 0.493 e. The fourth-order valence-corrected chi connectivity index (χ4v) is 5.34. The van der Waals surface area contributed by atoms with Gasteiger partial charge in [-0.15, -0.1) is 0 Å². The molecular formula is C31H25IN2O4. The van der Waals surface area contributed by atoms with E-state index in [1.165, 1.54) is 7.11 Å². The first kappa shape index (κ1) is 25.7. The molecule has 1 amide bonds. The zero-order chi connectivity index (χ0) is 26.5. The number of nitrogens with zero attached hydrogens (tertiary/aromatic N) is 1. The molecule has 4 aromatic rings. The number of nitrogens with one attached hydrogen (secondary N) is 1. The third kappa shape index (κ3) is 5.19. The number of halogens is 1. The van der Waals surface area contributed by atoms with Crippen molar-refractivity contribution >= 4 is 40.7 Å². The van der Waals surface area contributed by atoms with E-state index < -0.39 is 5.97 Å². The number of carbonyl (C=O) groups excluding carboxylic acids is 2. The van der Waals surface area contributed by atoms with Gasteiger partial charge in [-0.2, -0.15) is 5.10 Å². The van der Waals surface area contributed by atoms with E-state index >= 15 is 0 Å². The fourth-order valence-electron chi connectivity index (χ4n) is 4.73. The molecular weight excluding hydrogens is 591 g/mol. The number of hydrogen-bond acceptors (Lipinski definition) is 5. The molecule has 1 saturated carbocycles. The molecule has 0 aromatic heterocycles. The standard InChI is InChI=1S/C31H25IN2O4/c1-37-28-18-21(16-17-27(28)38-30(36)24-14-8-9-15-26(24)32)20-33-34-29(35)25-19-31(25,22-10-4-2-5-11-22)23-12-6-3-7-13-23/h2-18,20,25H,19H2,1H3,(H,34,35)/b33-20-/t25-/m0/s1. The number of rotatable bonds is 8. The lowest BCUT2D eigenvalue weighted by molar-refractivity contribution is -0.122. The Labute approximate surface area is 234 Å². The van der Waals surface area contributed by atoms with Crippen molar-refractivity contribution in [2.24, 2.45) is 11.0 Å². The average molecular weight is 616 g/mol. The minimum absolute atomic E-state index is 0.135. The topological polar surface area (TPSA) is 77.0 Å². The molecule has 4 aromatic carbocycles. The van der Waals surface area contributed by atoms with Gasteiger partial charge >= 0.3 is 5.97 Å². The molecule has 0 heterocycles. The number of hydrogen-bond donors (Lipinski definition) is 1. The van der Waals surface area contributed by atoms with Gasteiger partial charge in [0.25, 0.3) is 0 Å². The highest BCUT2D eigenvalue weighted by Crippen LogP contribution is 2.58. The number of benzene rings is 4. The van der Waals surface area contributed by atoms with Crippen LogP contribution < -0.4 is 14.9 Å². The van der Waals surface area contributed by atoms with E-state index in [1.807, 2.05) is 48.5 Å². The molecule has 0 spiro atoms. The van der Waals surface area contributed by atoms with Crippen LogP contribution in [0.5, 0.6) is 11.5 Å². The summed E-state index contributed by atoms with van der Waals surface area (Å²) in [5, 5.41) is 4.19. The fraction of sp³-hybridized carbons (Fsp3) is 0.129. The highest BCUT2D eigenvalue weighted by molar-refractivity contribution is 14.1. The maximum absolute atomic E-state index is 13.1. The van der Waals surface area contributed by atoms with E-state index in [2.05, 4.69) is 57.4 Å². The highest BCUT2D eigenvalue weighted by atomic mass is 127.